The van der Waals surface area contributed by atoms with Crippen LogP contribution in [-0.4, -0.2) is 16.2 Å². The van der Waals surface area contributed by atoms with Gasteiger partial charge in [0.05, 0.1) is 18.3 Å². The zero-order valence-corrected chi connectivity index (χ0v) is 14.8. The fourth-order valence-electron chi connectivity index (χ4n) is 3.32. The van der Waals surface area contributed by atoms with Crippen LogP contribution in [0.25, 0.3) is 10.2 Å². The average Bonchev–Trinajstić information content (AvgIpc) is 2.97. The quantitative estimate of drug-likeness (QED) is 0.712. The summed E-state index contributed by atoms with van der Waals surface area (Å²) in [7, 11) is 0. The maximum Gasteiger partial charge on any atom is 0.262 e. The van der Waals surface area contributed by atoms with Crippen LogP contribution in [0.2, 0.25) is 0 Å². The highest BCUT2D eigenvalue weighted by molar-refractivity contribution is 7.18. The summed E-state index contributed by atoms with van der Waals surface area (Å²) in [6, 6.07) is 5.87. The molecule has 3 aromatic rings. The van der Waals surface area contributed by atoms with Gasteiger partial charge in [-0.2, -0.15) is 0 Å². The number of hydrogen-bond donors (Lipinski definition) is 0. The molecule has 1 aliphatic carbocycles. The van der Waals surface area contributed by atoms with Crippen molar-refractivity contribution in [2.24, 2.45) is 5.92 Å². The van der Waals surface area contributed by atoms with Gasteiger partial charge in [-0.05, 0) is 55.0 Å². The molecule has 0 amide bonds. The first kappa shape index (κ1) is 16.3. The van der Waals surface area contributed by atoms with E-state index in [0.29, 0.717) is 24.8 Å². The number of aryl methyl sites for hydroxylation is 1. The summed E-state index contributed by atoms with van der Waals surface area (Å²) < 4.78 is 20.1. The Labute approximate surface area is 148 Å². The molecule has 1 aliphatic rings. The lowest BCUT2D eigenvalue weighted by Crippen LogP contribution is -2.24. The zero-order valence-electron chi connectivity index (χ0n) is 14.0. The summed E-state index contributed by atoms with van der Waals surface area (Å²) in [6.45, 7) is 3.01. The van der Waals surface area contributed by atoms with E-state index in [9.17, 15) is 9.18 Å². The number of benzene rings is 1. The van der Waals surface area contributed by atoms with E-state index in [-0.39, 0.29) is 11.4 Å². The normalized spacial score (nSPS) is 16.8. The Morgan fingerprint density at radius 3 is 2.96 bits per heavy atom. The lowest BCUT2D eigenvalue weighted by Gasteiger charge is -2.17. The Morgan fingerprint density at radius 1 is 1.36 bits per heavy atom. The third kappa shape index (κ3) is 3.18. The number of aromatic nitrogens is 2. The summed E-state index contributed by atoms with van der Waals surface area (Å²) >= 11 is 1.66. The molecule has 0 N–H and O–H groups in total. The van der Waals surface area contributed by atoms with Crippen molar-refractivity contribution < 1.29 is 9.13 Å². The molecule has 130 valence electrons. The number of ether oxygens (including phenoxy) is 1. The van der Waals surface area contributed by atoms with E-state index in [4.69, 9.17) is 4.74 Å². The fraction of sp³-hybridized carbons (Fsp3) is 0.368. The van der Waals surface area contributed by atoms with E-state index in [2.05, 4.69) is 11.9 Å². The predicted octanol–water partition coefficient (Wildman–Crippen LogP) is 3.80. The van der Waals surface area contributed by atoms with Crippen LogP contribution in [0, 0.1) is 11.7 Å². The van der Waals surface area contributed by atoms with Crippen LogP contribution in [0.15, 0.2) is 35.4 Å². The molecule has 0 fully saturated rings. The molecule has 4 rings (SSSR count). The highest BCUT2D eigenvalue weighted by Gasteiger charge is 2.23. The smallest absolute Gasteiger partial charge is 0.262 e. The van der Waals surface area contributed by atoms with Crippen molar-refractivity contribution >= 4 is 21.6 Å². The SMILES string of the molecule is C[C@H]1CCc2c(sc3ncn(CCOc4ccc(F)cc4)c(=O)c23)C1. The Hall–Kier alpha value is -2.21. The highest BCUT2D eigenvalue weighted by Crippen LogP contribution is 2.35. The van der Waals surface area contributed by atoms with Crippen LogP contribution in [0.3, 0.4) is 0 Å². The molecule has 25 heavy (non-hydrogen) atoms. The first-order valence-corrected chi connectivity index (χ1v) is 9.31. The molecule has 0 unspecified atom stereocenters. The second kappa shape index (κ2) is 6.59. The molecule has 0 spiro atoms. The largest absolute Gasteiger partial charge is 0.492 e. The summed E-state index contributed by atoms with van der Waals surface area (Å²) in [6.07, 6.45) is 4.73. The highest BCUT2D eigenvalue weighted by atomic mass is 32.1. The van der Waals surface area contributed by atoms with Crippen molar-refractivity contribution in [3.8, 4) is 5.75 Å². The molecule has 2 heterocycles. The second-order valence-electron chi connectivity index (χ2n) is 6.58. The number of fused-ring (bicyclic) bond motifs is 3. The first-order chi connectivity index (χ1) is 12.1. The molecule has 0 bridgehead atoms. The van der Waals surface area contributed by atoms with Crippen LogP contribution in [-0.2, 0) is 19.4 Å². The van der Waals surface area contributed by atoms with Crippen LogP contribution < -0.4 is 10.3 Å². The maximum absolute atomic E-state index is 12.9. The first-order valence-electron chi connectivity index (χ1n) is 8.50. The van der Waals surface area contributed by atoms with Crippen LogP contribution in [0.1, 0.15) is 23.8 Å². The minimum atomic E-state index is -0.297. The molecule has 4 nitrogen and oxygen atoms in total. The van der Waals surface area contributed by atoms with Gasteiger partial charge < -0.3 is 4.74 Å². The van der Waals surface area contributed by atoms with Gasteiger partial charge in [-0.3, -0.25) is 9.36 Å². The van der Waals surface area contributed by atoms with Crippen molar-refractivity contribution in [1.29, 1.82) is 0 Å². The molecule has 2 aromatic heterocycles. The molecule has 0 saturated heterocycles. The summed E-state index contributed by atoms with van der Waals surface area (Å²) in [4.78, 5) is 19.5. The van der Waals surface area contributed by atoms with E-state index >= 15 is 0 Å². The van der Waals surface area contributed by atoms with Crippen molar-refractivity contribution in [1.82, 2.24) is 9.55 Å². The van der Waals surface area contributed by atoms with Crippen molar-refractivity contribution in [2.75, 3.05) is 6.61 Å². The molecule has 1 aromatic carbocycles. The van der Waals surface area contributed by atoms with E-state index in [1.807, 2.05) is 0 Å². The summed E-state index contributed by atoms with van der Waals surface area (Å²) in [5, 5.41) is 0.788. The van der Waals surface area contributed by atoms with Crippen molar-refractivity contribution in [2.45, 2.75) is 32.7 Å². The minimum Gasteiger partial charge on any atom is -0.492 e. The van der Waals surface area contributed by atoms with Crippen LogP contribution in [0.4, 0.5) is 4.39 Å². The van der Waals surface area contributed by atoms with Crippen LogP contribution in [0.5, 0.6) is 5.75 Å². The van der Waals surface area contributed by atoms with Gasteiger partial charge in [0.25, 0.3) is 5.56 Å². The predicted molar refractivity (Wildman–Crippen MR) is 97.0 cm³/mol. The number of rotatable bonds is 4. The van der Waals surface area contributed by atoms with Gasteiger partial charge in [-0.1, -0.05) is 6.92 Å². The van der Waals surface area contributed by atoms with E-state index < -0.39 is 0 Å². The number of halogens is 1. The molecule has 6 heteroatoms. The van der Waals surface area contributed by atoms with Crippen molar-refractivity contribution in [3.05, 3.63) is 57.2 Å². The maximum atomic E-state index is 12.9. The van der Waals surface area contributed by atoms with E-state index in [1.54, 1.807) is 34.4 Å². The third-order valence-electron chi connectivity index (χ3n) is 4.70. The molecule has 1 atom stereocenters. The Balaban J connectivity index is 1.55. The second-order valence-corrected chi connectivity index (χ2v) is 7.66. The number of hydrogen-bond acceptors (Lipinski definition) is 4. The lowest BCUT2D eigenvalue weighted by molar-refractivity contribution is 0.295. The van der Waals surface area contributed by atoms with Gasteiger partial charge in [0.1, 0.15) is 23.0 Å². The zero-order chi connectivity index (χ0) is 17.4. The third-order valence-corrected chi connectivity index (χ3v) is 5.86. The van der Waals surface area contributed by atoms with Crippen LogP contribution >= 0.6 is 11.3 Å². The van der Waals surface area contributed by atoms with Gasteiger partial charge in [-0.15, -0.1) is 11.3 Å². The Bertz CT molecular complexity index is 962. The molecule has 0 aliphatic heterocycles. The van der Waals surface area contributed by atoms with Crippen molar-refractivity contribution in [3.63, 3.8) is 0 Å². The van der Waals surface area contributed by atoms with E-state index in [0.717, 1.165) is 29.5 Å². The summed E-state index contributed by atoms with van der Waals surface area (Å²) in [5.41, 5.74) is 1.21. The minimum absolute atomic E-state index is 0.0137. The fourth-order valence-corrected chi connectivity index (χ4v) is 4.66. The number of thiophene rings is 1. The standard InChI is InChI=1S/C19H19FN2O2S/c1-12-2-7-15-16(10-12)25-18-17(15)19(23)22(11-21-18)8-9-24-14-5-3-13(20)4-6-14/h3-6,11-12H,2,7-10H2,1H3/t12-/m0/s1. The van der Waals surface area contributed by atoms with Gasteiger partial charge in [0.2, 0.25) is 0 Å². The lowest BCUT2D eigenvalue weighted by atomic mass is 9.89. The molecular formula is C19H19FN2O2S. The topological polar surface area (TPSA) is 44.1 Å². The Kier molecular flexibility index (Phi) is 4.29. The number of nitrogens with zero attached hydrogens (tertiary/aromatic N) is 2. The molecular weight excluding hydrogens is 339 g/mol. The van der Waals surface area contributed by atoms with Gasteiger partial charge >= 0.3 is 0 Å². The molecule has 0 saturated carbocycles. The van der Waals surface area contributed by atoms with Gasteiger partial charge in [-0.25, -0.2) is 9.37 Å². The Morgan fingerprint density at radius 2 is 2.16 bits per heavy atom. The van der Waals surface area contributed by atoms with Gasteiger partial charge in [0, 0.05) is 4.88 Å². The average molecular weight is 358 g/mol. The molecule has 0 radical (unpaired) electrons. The van der Waals surface area contributed by atoms with Gasteiger partial charge in [0.15, 0.2) is 0 Å². The summed E-state index contributed by atoms with van der Waals surface area (Å²) in [5.74, 6) is 0.965. The van der Waals surface area contributed by atoms with E-state index in [1.165, 1.54) is 22.6 Å². The monoisotopic (exact) mass is 358 g/mol.